The Bertz CT molecular complexity index is 969. The molecule has 0 aliphatic heterocycles. The van der Waals surface area contributed by atoms with E-state index >= 15 is 0 Å². The van der Waals surface area contributed by atoms with Gasteiger partial charge in [0.15, 0.2) is 6.61 Å². The van der Waals surface area contributed by atoms with Crippen molar-refractivity contribution in [3.05, 3.63) is 63.1 Å². The number of amides is 2. The number of nitrogens with zero attached hydrogens (tertiary/aromatic N) is 1. The number of ether oxygens (including phenoxy) is 1. The van der Waals surface area contributed by atoms with E-state index < -0.39 is 6.04 Å². The molecule has 1 N–H and O–H groups in total. The number of hydrogen-bond donors (Lipinski definition) is 1. The first-order chi connectivity index (χ1) is 15.8. The molecule has 0 saturated heterocycles. The second kappa shape index (κ2) is 11.8. The zero-order valence-corrected chi connectivity index (χ0v) is 21.0. The van der Waals surface area contributed by atoms with E-state index in [-0.39, 0.29) is 31.0 Å². The fourth-order valence-electron chi connectivity index (χ4n) is 4.11. The van der Waals surface area contributed by atoms with Crippen molar-refractivity contribution in [1.29, 1.82) is 0 Å². The summed E-state index contributed by atoms with van der Waals surface area (Å²) in [6.07, 6.45) is 5.37. The Morgan fingerprint density at radius 3 is 2.36 bits per heavy atom. The topological polar surface area (TPSA) is 58.6 Å². The summed E-state index contributed by atoms with van der Waals surface area (Å²) in [5.74, 6) is 0.168. The van der Waals surface area contributed by atoms with E-state index in [1.807, 2.05) is 32.0 Å². The van der Waals surface area contributed by atoms with Gasteiger partial charge in [-0.1, -0.05) is 60.7 Å². The van der Waals surface area contributed by atoms with Gasteiger partial charge in [-0.25, -0.2) is 0 Å². The van der Waals surface area contributed by atoms with Crippen molar-refractivity contribution in [1.82, 2.24) is 10.2 Å². The normalized spacial score (nSPS) is 15.1. The number of halogens is 2. The summed E-state index contributed by atoms with van der Waals surface area (Å²) < 4.78 is 5.85. The number of hydrogen-bond acceptors (Lipinski definition) is 3. The summed E-state index contributed by atoms with van der Waals surface area (Å²) in [6.45, 7) is 5.61. The summed E-state index contributed by atoms with van der Waals surface area (Å²) >= 11 is 12.8. The molecule has 1 saturated carbocycles. The zero-order valence-electron chi connectivity index (χ0n) is 19.5. The molecule has 2 aromatic carbocycles. The summed E-state index contributed by atoms with van der Waals surface area (Å²) in [5, 5.41) is 4.03. The summed E-state index contributed by atoms with van der Waals surface area (Å²) in [5.41, 5.74) is 2.67. The van der Waals surface area contributed by atoms with E-state index in [4.69, 9.17) is 27.9 Å². The number of carbonyl (C=O) groups is 2. The maximum atomic E-state index is 13.3. The zero-order chi connectivity index (χ0) is 24.0. The molecule has 0 aromatic heterocycles. The lowest BCUT2D eigenvalue weighted by molar-refractivity contribution is -0.142. The first-order valence-electron chi connectivity index (χ1n) is 11.5. The monoisotopic (exact) mass is 490 g/mol. The molecule has 1 fully saturated rings. The van der Waals surface area contributed by atoms with Crippen LogP contribution >= 0.6 is 23.2 Å². The van der Waals surface area contributed by atoms with Gasteiger partial charge in [-0.3, -0.25) is 9.59 Å². The Morgan fingerprint density at radius 1 is 1.06 bits per heavy atom. The van der Waals surface area contributed by atoms with E-state index in [0.717, 1.165) is 36.8 Å². The summed E-state index contributed by atoms with van der Waals surface area (Å²) in [4.78, 5) is 27.9. The van der Waals surface area contributed by atoms with Gasteiger partial charge in [0.05, 0.1) is 0 Å². The molecule has 178 valence electrons. The van der Waals surface area contributed by atoms with E-state index in [9.17, 15) is 9.59 Å². The predicted octanol–water partition coefficient (Wildman–Crippen LogP) is 5.86. The molecule has 0 unspecified atom stereocenters. The van der Waals surface area contributed by atoms with Gasteiger partial charge in [0, 0.05) is 28.2 Å². The van der Waals surface area contributed by atoms with Crippen LogP contribution in [0.3, 0.4) is 0 Å². The van der Waals surface area contributed by atoms with Gasteiger partial charge in [0.2, 0.25) is 5.91 Å². The molecule has 1 atom stereocenters. The number of carbonyl (C=O) groups excluding carboxylic acids is 2. The quantitative estimate of drug-likeness (QED) is 0.504. The van der Waals surface area contributed by atoms with Crippen molar-refractivity contribution in [3.8, 4) is 5.75 Å². The minimum absolute atomic E-state index is 0.118. The number of benzene rings is 2. The number of aryl methyl sites for hydroxylation is 1. The Kier molecular flexibility index (Phi) is 9.04. The van der Waals surface area contributed by atoms with Gasteiger partial charge >= 0.3 is 0 Å². The molecule has 1 aliphatic carbocycles. The van der Waals surface area contributed by atoms with Crippen LogP contribution in [0.15, 0.2) is 36.4 Å². The molecule has 0 bridgehead atoms. The lowest BCUT2D eigenvalue weighted by Gasteiger charge is -2.31. The van der Waals surface area contributed by atoms with Crippen LogP contribution < -0.4 is 10.1 Å². The molecule has 7 heteroatoms. The SMILES string of the molecule is Cc1cccc(OCC(=O)N(Cc2c(Cl)cccc2Cl)[C@H](C)C(=O)NC2CCCCC2)c1C. The summed E-state index contributed by atoms with van der Waals surface area (Å²) in [7, 11) is 0. The third-order valence-electron chi connectivity index (χ3n) is 6.42. The van der Waals surface area contributed by atoms with E-state index in [1.165, 1.54) is 11.3 Å². The fourth-order valence-corrected chi connectivity index (χ4v) is 4.62. The number of nitrogens with one attached hydrogen (secondary N) is 1. The van der Waals surface area contributed by atoms with Crippen molar-refractivity contribution in [2.24, 2.45) is 0 Å². The minimum Gasteiger partial charge on any atom is -0.483 e. The van der Waals surface area contributed by atoms with Crippen LogP contribution in [0.25, 0.3) is 0 Å². The lowest BCUT2D eigenvalue weighted by atomic mass is 9.95. The van der Waals surface area contributed by atoms with Crippen LogP contribution in [-0.4, -0.2) is 35.4 Å². The second-order valence-electron chi connectivity index (χ2n) is 8.73. The molecule has 0 spiro atoms. The smallest absolute Gasteiger partial charge is 0.261 e. The van der Waals surface area contributed by atoms with Crippen molar-refractivity contribution < 1.29 is 14.3 Å². The van der Waals surface area contributed by atoms with Crippen molar-refractivity contribution >= 4 is 35.0 Å². The lowest BCUT2D eigenvalue weighted by Crippen LogP contribution is -2.51. The molecule has 33 heavy (non-hydrogen) atoms. The molecule has 3 rings (SSSR count). The second-order valence-corrected chi connectivity index (χ2v) is 9.54. The highest BCUT2D eigenvalue weighted by Gasteiger charge is 2.29. The van der Waals surface area contributed by atoms with Crippen LogP contribution in [0.5, 0.6) is 5.75 Å². The van der Waals surface area contributed by atoms with Crippen LogP contribution in [0.4, 0.5) is 0 Å². The Morgan fingerprint density at radius 2 is 1.70 bits per heavy atom. The maximum Gasteiger partial charge on any atom is 0.261 e. The average Bonchev–Trinajstić information content (AvgIpc) is 2.80. The third kappa shape index (κ3) is 6.64. The molecule has 2 amide bonds. The Labute approximate surface area is 206 Å². The van der Waals surface area contributed by atoms with Gasteiger partial charge < -0.3 is 15.0 Å². The minimum atomic E-state index is -0.700. The van der Waals surface area contributed by atoms with E-state index in [0.29, 0.717) is 21.4 Å². The first-order valence-corrected chi connectivity index (χ1v) is 12.2. The predicted molar refractivity (Wildman–Crippen MR) is 133 cm³/mol. The van der Waals surface area contributed by atoms with Crippen molar-refractivity contribution in [2.45, 2.75) is 71.5 Å². The molecule has 2 aromatic rings. The molecule has 0 radical (unpaired) electrons. The maximum absolute atomic E-state index is 13.3. The van der Waals surface area contributed by atoms with Crippen molar-refractivity contribution in [2.75, 3.05) is 6.61 Å². The molecular weight excluding hydrogens is 459 g/mol. The third-order valence-corrected chi connectivity index (χ3v) is 7.12. The van der Waals surface area contributed by atoms with Gasteiger partial charge in [0.1, 0.15) is 11.8 Å². The van der Waals surface area contributed by atoms with Gasteiger partial charge in [-0.05, 0) is 62.9 Å². The standard InChI is InChI=1S/C26H32Cl2N2O3/c1-17-9-7-14-24(18(17)2)33-16-25(31)30(15-21-22(27)12-8-13-23(21)28)19(3)26(32)29-20-10-5-4-6-11-20/h7-9,12-14,19-20H,4-6,10-11,15-16H2,1-3H3,(H,29,32)/t19-/m1/s1. The van der Waals surface area contributed by atoms with Crippen LogP contribution in [0, 0.1) is 13.8 Å². The summed E-state index contributed by atoms with van der Waals surface area (Å²) in [6, 6.07) is 10.4. The van der Waals surface area contributed by atoms with Gasteiger partial charge in [-0.15, -0.1) is 0 Å². The Hall–Kier alpha value is -2.24. The highest BCUT2D eigenvalue weighted by Crippen LogP contribution is 2.27. The fraction of sp³-hybridized carbons (Fsp3) is 0.462. The molecule has 0 heterocycles. The molecular formula is C26H32Cl2N2O3. The van der Waals surface area contributed by atoms with Crippen LogP contribution in [0.2, 0.25) is 10.0 Å². The van der Waals surface area contributed by atoms with Crippen LogP contribution in [-0.2, 0) is 16.1 Å². The van der Waals surface area contributed by atoms with E-state index in [2.05, 4.69) is 5.32 Å². The van der Waals surface area contributed by atoms with Crippen LogP contribution in [0.1, 0.15) is 55.7 Å². The van der Waals surface area contributed by atoms with Gasteiger partial charge in [-0.2, -0.15) is 0 Å². The first kappa shape index (κ1) is 25.4. The largest absolute Gasteiger partial charge is 0.483 e. The number of rotatable bonds is 8. The Balaban J connectivity index is 1.78. The highest BCUT2D eigenvalue weighted by atomic mass is 35.5. The molecule has 5 nitrogen and oxygen atoms in total. The average molecular weight is 491 g/mol. The molecule has 1 aliphatic rings. The van der Waals surface area contributed by atoms with Gasteiger partial charge in [0.25, 0.3) is 5.91 Å². The highest BCUT2D eigenvalue weighted by molar-refractivity contribution is 6.36. The van der Waals surface area contributed by atoms with Crippen molar-refractivity contribution in [3.63, 3.8) is 0 Å². The van der Waals surface area contributed by atoms with E-state index in [1.54, 1.807) is 25.1 Å².